The van der Waals surface area contributed by atoms with Gasteiger partial charge in [0.25, 0.3) is 6.33 Å². The van der Waals surface area contributed by atoms with Gasteiger partial charge in [0, 0.05) is 12.1 Å². The SMILES string of the molecule is C[n+]1ccn(C(=O)N2CCC(c3cc(F)ccc3F)=CC2c2cccc(O)c2)c1.[I-]. The molecule has 4 rings (SSSR count). The lowest BCUT2D eigenvalue weighted by Crippen LogP contribution is -3.00. The van der Waals surface area contributed by atoms with Gasteiger partial charge < -0.3 is 29.1 Å². The molecular formula is C22H20F2IN3O2. The van der Waals surface area contributed by atoms with Crippen LogP contribution in [0.1, 0.15) is 23.6 Å². The maximum absolute atomic E-state index is 14.3. The number of hydrogen-bond acceptors (Lipinski definition) is 2. The molecule has 1 aliphatic rings. The summed E-state index contributed by atoms with van der Waals surface area (Å²) in [6.45, 7) is 0.322. The third-order valence-corrected chi connectivity index (χ3v) is 5.04. The monoisotopic (exact) mass is 523 g/mol. The summed E-state index contributed by atoms with van der Waals surface area (Å²) in [7, 11) is 1.82. The van der Waals surface area contributed by atoms with Gasteiger partial charge in [0.1, 0.15) is 29.8 Å². The third kappa shape index (κ3) is 4.38. The normalized spacial score (nSPS) is 16.0. The Bertz CT molecular complexity index is 1110. The molecule has 1 atom stereocenters. The first kappa shape index (κ1) is 21.9. The van der Waals surface area contributed by atoms with Crippen LogP contribution >= 0.6 is 0 Å². The van der Waals surface area contributed by atoms with Gasteiger partial charge in [0.15, 0.2) is 0 Å². The number of phenols is 1. The van der Waals surface area contributed by atoms with Gasteiger partial charge in [0.2, 0.25) is 0 Å². The van der Waals surface area contributed by atoms with Crippen LogP contribution < -0.4 is 28.5 Å². The molecule has 2 heterocycles. The van der Waals surface area contributed by atoms with Crippen LogP contribution in [0.15, 0.2) is 67.3 Å². The molecule has 1 N–H and O–H groups in total. The molecule has 156 valence electrons. The second kappa shape index (κ2) is 8.95. The molecule has 0 radical (unpaired) electrons. The summed E-state index contributed by atoms with van der Waals surface area (Å²) in [6.07, 6.45) is 7.22. The van der Waals surface area contributed by atoms with E-state index in [2.05, 4.69) is 0 Å². The zero-order chi connectivity index (χ0) is 20.5. The van der Waals surface area contributed by atoms with E-state index in [-0.39, 0.29) is 41.3 Å². The van der Waals surface area contributed by atoms with Crippen LogP contribution in [0.2, 0.25) is 0 Å². The van der Waals surface area contributed by atoms with Crippen molar-refractivity contribution in [3.8, 4) is 5.75 Å². The Morgan fingerprint density at radius 1 is 1.20 bits per heavy atom. The van der Waals surface area contributed by atoms with Gasteiger partial charge in [-0.15, -0.1) is 0 Å². The number of imidazole rings is 1. The van der Waals surface area contributed by atoms with Crippen molar-refractivity contribution in [1.29, 1.82) is 0 Å². The van der Waals surface area contributed by atoms with Crippen LogP contribution in [0, 0.1) is 11.6 Å². The highest BCUT2D eigenvalue weighted by molar-refractivity contribution is 5.79. The lowest BCUT2D eigenvalue weighted by molar-refractivity contribution is -0.670. The van der Waals surface area contributed by atoms with Gasteiger partial charge in [-0.3, -0.25) is 4.90 Å². The molecule has 2 aromatic carbocycles. The number of aryl methyl sites for hydroxylation is 1. The minimum atomic E-state index is -0.534. The molecule has 0 aliphatic carbocycles. The predicted octanol–water partition coefficient (Wildman–Crippen LogP) is 0.799. The molecule has 1 aliphatic heterocycles. The summed E-state index contributed by atoms with van der Waals surface area (Å²) in [5.74, 6) is -0.959. The number of carbonyl (C=O) groups is 1. The number of halogens is 3. The molecule has 0 spiro atoms. The number of carbonyl (C=O) groups excluding carboxylic acids is 1. The van der Waals surface area contributed by atoms with Crippen LogP contribution in [0.4, 0.5) is 13.6 Å². The topological polar surface area (TPSA) is 49.3 Å². The predicted molar refractivity (Wildman–Crippen MR) is 103 cm³/mol. The molecule has 1 aromatic heterocycles. The number of aromatic nitrogens is 2. The number of amides is 1. The summed E-state index contributed by atoms with van der Waals surface area (Å²) in [5.41, 5.74) is 1.50. The van der Waals surface area contributed by atoms with Crippen LogP contribution in [-0.2, 0) is 7.05 Å². The van der Waals surface area contributed by atoms with E-state index in [0.717, 1.165) is 12.1 Å². The van der Waals surface area contributed by atoms with Gasteiger partial charge in [0.05, 0.1) is 13.1 Å². The highest BCUT2D eigenvalue weighted by Crippen LogP contribution is 2.36. The van der Waals surface area contributed by atoms with Crippen molar-refractivity contribution in [3.05, 3.63) is 90.0 Å². The Kier molecular flexibility index (Phi) is 6.55. The first-order valence-electron chi connectivity index (χ1n) is 9.21. The Balaban J connectivity index is 0.00000256. The van der Waals surface area contributed by atoms with Gasteiger partial charge in [-0.25, -0.2) is 18.1 Å². The summed E-state index contributed by atoms with van der Waals surface area (Å²) in [5, 5.41) is 9.91. The Morgan fingerprint density at radius 2 is 2.00 bits per heavy atom. The van der Waals surface area contributed by atoms with E-state index in [0.29, 0.717) is 24.1 Å². The second-order valence-electron chi connectivity index (χ2n) is 7.07. The molecule has 30 heavy (non-hydrogen) atoms. The van der Waals surface area contributed by atoms with E-state index in [9.17, 15) is 18.7 Å². The number of nitrogens with zero attached hydrogens (tertiary/aromatic N) is 3. The van der Waals surface area contributed by atoms with Gasteiger partial charge >= 0.3 is 6.03 Å². The molecule has 0 saturated carbocycles. The summed E-state index contributed by atoms with van der Waals surface area (Å²) in [6, 6.07) is 9.18. The van der Waals surface area contributed by atoms with Crippen molar-refractivity contribution in [2.75, 3.05) is 6.54 Å². The smallest absolute Gasteiger partial charge is 0.416 e. The second-order valence-corrected chi connectivity index (χ2v) is 7.07. The molecule has 3 aromatic rings. The number of aromatic hydroxyl groups is 1. The van der Waals surface area contributed by atoms with Crippen LogP contribution in [0.5, 0.6) is 5.75 Å². The average Bonchev–Trinajstić information content (AvgIpc) is 3.15. The number of phenolic OH excluding ortho intramolecular Hbond substituents is 1. The van der Waals surface area contributed by atoms with Crippen molar-refractivity contribution < 1.29 is 47.2 Å². The number of rotatable bonds is 2. The summed E-state index contributed by atoms with van der Waals surface area (Å²) < 4.78 is 31.3. The fourth-order valence-electron chi connectivity index (χ4n) is 3.62. The Labute approximate surface area is 189 Å². The van der Waals surface area contributed by atoms with Crippen molar-refractivity contribution >= 4 is 11.6 Å². The van der Waals surface area contributed by atoms with Crippen LogP contribution in [-0.4, -0.2) is 27.1 Å². The van der Waals surface area contributed by atoms with Crippen LogP contribution in [0.25, 0.3) is 5.57 Å². The van der Waals surface area contributed by atoms with Crippen molar-refractivity contribution in [2.45, 2.75) is 12.5 Å². The van der Waals surface area contributed by atoms with E-state index >= 15 is 0 Å². The van der Waals surface area contributed by atoms with Gasteiger partial charge in [-0.2, -0.15) is 4.57 Å². The van der Waals surface area contributed by atoms with Crippen molar-refractivity contribution in [2.24, 2.45) is 7.05 Å². The molecule has 0 saturated heterocycles. The van der Waals surface area contributed by atoms with E-state index in [1.807, 2.05) is 7.05 Å². The first-order valence-corrected chi connectivity index (χ1v) is 9.21. The zero-order valence-electron chi connectivity index (χ0n) is 16.2. The highest BCUT2D eigenvalue weighted by Gasteiger charge is 2.32. The standard InChI is InChI=1S/C22H19F2N3O2.HI/c1-25-9-10-26(14-25)22(29)27-8-7-15(19-13-17(23)5-6-20(19)24)12-21(27)16-3-2-4-18(28)11-16;/h2-6,9-14,21H,7-8H2,1H3;1H. The molecule has 1 unspecified atom stereocenters. The fraction of sp³-hybridized carbons (Fsp3) is 0.182. The molecule has 0 bridgehead atoms. The lowest BCUT2D eigenvalue weighted by Gasteiger charge is -2.33. The minimum Gasteiger partial charge on any atom is -1.00 e. The molecule has 1 amide bonds. The first-order chi connectivity index (χ1) is 13.9. The van der Waals surface area contributed by atoms with Crippen LogP contribution in [0.3, 0.4) is 0 Å². The quantitative estimate of drug-likeness (QED) is 0.400. The Morgan fingerprint density at radius 3 is 2.70 bits per heavy atom. The third-order valence-electron chi connectivity index (χ3n) is 5.04. The van der Waals surface area contributed by atoms with E-state index < -0.39 is 17.7 Å². The largest absolute Gasteiger partial charge is 1.00 e. The van der Waals surface area contributed by atoms with Crippen molar-refractivity contribution in [1.82, 2.24) is 9.47 Å². The van der Waals surface area contributed by atoms with E-state index in [4.69, 9.17) is 0 Å². The Hall–Kier alpha value is -2.75. The molecule has 0 fully saturated rings. The number of hydrogen-bond donors (Lipinski definition) is 1. The highest BCUT2D eigenvalue weighted by atomic mass is 127. The fourth-order valence-corrected chi connectivity index (χ4v) is 3.62. The summed E-state index contributed by atoms with van der Waals surface area (Å²) >= 11 is 0. The molecule has 5 nitrogen and oxygen atoms in total. The molecule has 8 heteroatoms. The number of benzene rings is 2. The maximum Gasteiger partial charge on any atom is 0.416 e. The lowest BCUT2D eigenvalue weighted by atomic mass is 9.92. The maximum atomic E-state index is 14.3. The molecular weight excluding hydrogens is 503 g/mol. The van der Waals surface area contributed by atoms with Gasteiger partial charge in [-0.1, -0.05) is 18.2 Å². The summed E-state index contributed by atoms with van der Waals surface area (Å²) in [4.78, 5) is 14.7. The minimum absolute atomic E-state index is 0. The van der Waals surface area contributed by atoms with E-state index in [1.54, 1.807) is 58.5 Å². The average molecular weight is 523 g/mol. The van der Waals surface area contributed by atoms with E-state index in [1.165, 1.54) is 10.6 Å². The van der Waals surface area contributed by atoms with Gasteiger partial charge in [-0.05, 0) is 47.9 Å². The zero-order valence-corrected chi connectivity index (χ0v) is 18.3. The van der Waals surface area contributed by atoms with Crippen molar-refractivity contribution in [3.63, 3.8) is 0 Å².